The van der Waals surface area contributed by atoms with Crippen molar-refractivity contribution in [2.24, 2.45) is 17.4 Å². The molecule has 0 radical (unpaired) electrons. The zero-order valence-corrected chi connectivity index (χ0v) is 9.30. The first-order chi connectivity index (χ1) is 5.20. The lowest BCUT2D eigenvalue weighted by atomic mass is 9.78. The molecule has 82 valence electrons. The van der Waals surface area contributed by atoms with E-state index in [1.807, 2.05) is 0 Å². The van der Waals surface area contributed by atoms with Gasteiger partial charge in [0.05, 0.1) is 0 Å². The van der Waals surface area contributed by atoms with Crippen molar-refractivity contribution in [3.05, 3.63) is 0 Å². The molecule has 0 aliphatic heterocycles. The fraction of sp³-hybridized carbons (Fsp3) is 1.00. The Morgan fingerprint density at radius 1 is 1.15 bits per heavy atom. The Bertz CT molecular complexity index is 127. The maximum absolute atomic E-state index is 13.5. The lowest BCUT2D eigenvalue weighted by Gasteiger charge is -2.32. The molecule has 1 aliphatic rings. The third-order valence-electron chi connectivity index (χ3n) is 2.61. The van der Waals surface area contributed by atoms with Gasteiger partial charge in [-0.25, -0.2) is 4.39 Å². The lowest BCUT2D eigenvalue weighted by molar-refractivity contribution is 0.112. The van der Waals surface area contributed by atoms with Crippen LogP contribution in [-0.2, 0) is 0 Å². The Hall–Kier alpha value is 0.430. The first kappa shape index (κ1) is 15.9. The quantitative estimate of drug-likeness (QED) is 0.775. The van der Waals surface area contributed by atoms with E-state index in [1.165, 1.54) is 6.42 Å². The average Bonchev–Trinajstić information content (AvgIpc) is 1.97. The second-order valence-electron chi connectivity index (χ2n) is 3.56. The van der Waals surface area contributed by atoms with Gasteiger partial charge in [0, 0.05) is 13.1 Å². The highest BCUT2D eigenvalue weighted by Gasteiger charge is 2.32. The number of nitrogens with two attached hydrogens (primary N) is 2. The minimum Gasteiger partial charge on any atom is -0.327 e. The summed E-state index contributed by atoms with van der Waals surface area (Å²) >= 11 is 0. The van der Waals surface area contributed by atoms with Gasteiger partial charge in [-0.3, -0.25) is 0 Å². The molecule has 1 aliphatic carbocycles. The molecule has 0 aromatic rings. The van der Waals surface area contributed by atoms with Gasteiger partial charge in [-0.15, -0.1) is 24.8 Å². The van der Waals surface area contributed by atoms with Crippen molar-refractivity contribution < 1.29 is 4.39 Å². The van der Waals surface area contributed by atoms with Gasteiger partial charge in [-0.1, -0.05) is 19.3 Å². The molecule has 2 nitrogen and oxygen atoms in total. The second-order valence-corrected chi connectivity index (χ2v) is 3.56. The first-order valence-electron chi connectivity index (χ1n) is 4.29. The SMILES string of the molecule is Cl.Cl.NCC(F)(CN)CC1CCC1. The van der Waals surface area contributed by atoms with Gasteiger partial charge in [0.1, 0.15) is 5.67 Å². The van der Waals surface area contributed by atoms with Crippen molar-refractivity contribution in [2.45, 2.75) is 31.4 Å². The maximum atomic E-state index is 13.5. The average molecular weight is 233 g/mol. The van der Waals surface area contributed by atoms with Crippen molar-refractivity contribution in [1.82, 2.24) is 0 Å². The summed E-state index contributed by atoms with van der Waals surface area (Å²) in [5.74, 6) is 0.548. The van der Waals surface area contributed by atoms with Crippen LogP contribution in [0.2, 0.25) is 0 Å². The fourth-order valence-corrected chi connectivity index (χ4v) is 1.46. The molecule has 0 aromatic carbocycles. The zero-order chi connectivity index (χ0) is 8.32. The molecule has 0 saturated heterocycles. The Morgan fingerprint density at radius 3 is 1.85 bits per heavy atom. The van der Waals surface area contributed by atoms with E-state index >= 15 is 0 Å². The van der Waals surface area contributed by atoms with E-state index in [4.69, 9.17) is 11.5 Å². The summed E-state index contributed by atoms with van der Waals surface area (Å²) < 4.78 is 13.5. The molecule has 4 N–H and O–H groups in total. The highest BCUT2D eigenvalue weighted by molar-refractivity contribution is 5.85. The van der Waals surface area contributed by atoms with Crippen molar-refractivity contribution >= 4 is 24.8 Å². The van der Waals surface area contributed by atoms with Crippen LogP contribution in [-0.4, -0.2) is 18.8 Å². The molecule has 5 heteroatoms. The molecule has 0 aromatic heterocycles. The molecule has 0 bridgehead atoms. The summed E-state index contributed by atoms with van der Waals surface area (Å²) in [7, 11) is 0. The zero-order valence-electron chi connectivity index (χ0n) is 7.67. The number of hydrogen-bond acceptors (Lipinski definition) is 2. The van der Waals surface area contributed by atoms with Crippen molar-refractivity contribution in [1.29, 1.82) is 0 Å². The Labute approximate surface area is 91.4 Å². The summed E-state index contributed by atoms with van der Waals surface area (Å²) in [4.78, 5) is 0. The molecule has 1 saturated carbocycles. The van der Waals surface area contributed by atoms with Gasteiger partial charge < -0.3 is 11.5 Å². The first-order valence-corrected chi connectivity index (χ1v) is 4.29. The van der Waals surface area contributed by atoms with Crippen LogP contribution in [0.4, 0.5) is 4.39 Å². The second kappa shape index (κ2) is 6.82. The Balaban J connectivity index is 0. The summed E-state index contributed by atoms with van der Waals surface area (Å²) in [5.41, 5.74) is 9.29. The molecule has 0 atom stereocenters. The van der Waals surface area contributed by atoms with E-state index in [0.717, 1.165) is 12.8 Å². The van der Waals surface area contributed by atoms with Gasteiger partial charge in [-0.05, 0) is 12.3 Å². The van der Waals surface area contributed by atoms with E-state index in [1.54, 1.807) is 0 Å². The van der Waals surface area contributed by atoms with E-state index in [2.05, 4.69) is 0 Å². The van der Waals surface area contributed by atoms with Crippen LogP contribution in [0.15, 0.2) is 0 Å². The van der Waals surface area contributed by atoms with Crippen molar-refractivity contribution in [3.8, 4) is 0 Å². The van der Waals surface area contributed by atoms with Gasteiger partial charge in [0.25, 0.3) is 0 Å². The molecule has 0 spiro atoms. The predicted molar refractivity (Wildman–Crippen MR) is 58.4 cm³/mol. The van der Waals surface area contributed by atoms with Crippen molar-refractivity contribution in [2.75, 3.05) is 13.1 Å². The van der Waals surface area contributed by atoms with E-state index in [0.29, 0.717) is 12.3 Å². The Morgan fingerprint density at radius 2 is 1.62 bits per heavy atom. The normalized spacial score (nSPS) is 16.8. The number of halogens is 3. The molecular formula is C8H19Cl2FN2. The third-order valence-corrected chi connectivity index (χ3v) is 2.61. The number of alkyl halides is 1. The van der Waals surface area contributed by atoms with Gasteiger partial charge in [0.15, 0.2) is 0 Å². The van der Waals surface area contributed by atoms with Crippen LogP contribution in [0.5, 0.6) is 0 Å². The lowest BCUT2D eigenvalue weighted by Crippen LogP contribution is -2.43. The molecular weight excluding hydrogens is 214 g/mol. The topological polar surface area (TPSA) is 52.0 Å². The molecule has 1 fully saturated rings. The van der Waals surface area contributed by atoms with E-state index in [9.17, 15) is 4.39 Å². The third kappa shape index (κ3) is 4.45. The maximum Gasteiger partial charge on any atom is 0.135 e. The molecule has 1 rings (SSSR count). The summed E-state index contributed by atoms with van der Waals surface area (Å²) in [6, 6.07) is 0. The van der Waals surface area contributed by atoms with E-state index in [-0.39, 0.29) is 37.9 Å². The van der Waals surface area contributed by atoms with E-state index < -0.39 is 5.67 Å². The van der Waals surface area contributed by atoms with Crippen LogP contribution < -0.4 is 11.5 Å². The van der Waals surface area contributed by atoms with Crippen LogP contribution >= 0.6 is 24.8 Å². The van der Waals surface area contributed by atoms with Crippen molar-refractivity contribution in [3.63, 3.8) is 0 Å². The summed E-state index contributed by atoms with van der Waals surface area (Å²) in [5, 5.41) is 0. The predicted octanol–water partition coefficient (Wildman–Crippen LogP) is 1.65. The van der Waals surface area contributed by atoms with Gasteiger partial charge in [-0.2, -0.15) is 0 Å². The fourth-order valence-electron chi connectivity index (χ4n) is 1.46. The summed E-state index contributed by atoms with van der Waals surface area (Å²) in [6.45, 7) is 0.139. The molecule has 13 heavy (non-hydrogen) atoms. The molecule has 0 heterocycles. The minimum absolute atomic E-state index is 0. The van der Waals surface area contributed by atoms with Crippen LogP contribution in [0, 0.1) is 5.92 Å². The monoisotopic (exact) mass is 232 g/mol. The van der Waals surface area contributed by atoms with Crippen LogP contribution in [0.25, 0.3) is 0 Å². The molecule has 0 amide bonds. The number of hydrogen-bond donors (Lipinski definition) is 2. The summed E-state index contributed by atoms with van der Waals surface area (Å²) in [6.07, 6.45) is 4.13. The highest BCUT2D eigenvalue weighted by Crippen LogP contribution is 2.34. The van der Waals surface area contributed by atoms with Gasteiger partial charge >= 0.3 is 0 Å². The minimum atomic E-state index is -1.29. The smallest absolute Gasteiger partial charge is 0.135 e. The Kier molecular flexibility index (Phi) is 8.33. The number of rotatable bonds is 4. The largest absolute Gasteiger partial charge is 0.327 e. The van der Waals surface area contributed by atoms with Gasteiger partial charge in [0.2, 0.25) is 0 Å². The molecule has 0 unspecified atom stereocenters. The van der Waals surface area contributed by atoms with Crippen LogP contribution in [0.1, 0.15) is 25.7 Å². The standard InChI is InChI=1S/C8H17FN2.2ClH/c9-8(5-10,6-11)4-7-2-1-3-7;;/h7H,1-6,10-11H2;2*1H. The van der Waals surface area contributed by atoms with Crippen LogP contribution in [0.3, 0.4) is 0 Å². The highest BCUT2D eigenvalue weighted by atomic mass is 35.5.